The van der Waals surface area contributed by atoms with Crippen molar-refractivity contribution in [3.63, 3.8) is 0 Å². The molecule has 0 aliphatic carbocycles. The van der Waals surface area contributed by atoms with E-state index in [-0.39, 0.29) is 0 Å². The lowest BCUT2D eigenvalue weighted by molar-refractivity contribution is 0.191. The number of halogens is 1. The number of hydrogen-bond acceptors (Lipinski definition) is 2. The summed E-state index contributed by atoms with van der Waals surface area (Å²) in [6, 6.07) is 5.23. The Labute approximate surface area is 101 Å². The first-order chi connectivity index (χ1) is 7.65. The van der Waals surface area contributed by atoms with Crippen LogP contribution >= 0.6 is 11.6 Å². The lowest BCUT2D eigenvalue weighted by Crippen LogP contribution is -2.01. The van der Waals surface area contributed by atoms with Gasteiger partial charge < -0.3 is 9.84 Å². The fourth-order valence-corrected chi connectivity index (χ4v) is 1.49. The summed E-state index contributed by atoms with van der Waals surface area (Å²) in [7, 11) is 0. The van der Waals surface area contributed by atoms with Crippen molar-refractivity contribution in [3.8, 4) is 17.6 Å². The fourth-order valence-electron chi connectivity index (χ4n) is 1.31. The minimum absolute atomic E-state index is 0.516. The molecule has 16 heavy (non-hydrogen) atoms. The molecule has 0 fully saturated rings. The van der Waals surface area contributed by atoms with Gasteiger partial charge in [0.05, 0.1) is 12.7 Å². The van der Waals surface area contributed by atoms with Gasteiger partial charge in [0.25, 0.3) is 0 Å². The standard InChI is InChI=1S/C13H15ClO2/c1-3-4-5-8-16-13-7-6-11(14)9-12(13)10(2)15/h6-7,9-10,15H,5,8H2,1-2H3/t10-/m0/s1. The van der Waals surface area contributed by atoms with Crippen LogP contribution in [0.3, 0.4) is 0 Å². The highest BCUT2D eigenvalue weighted by atomic mass is 35.5. The molecule has 0 aliphatic rings. The van der Waals surface area contributed by atoms with Crippen LogP contribution in [-0.2, 0) is 0 Å². The van der Waals surface area contributed by atoms with Crippen LogP contribution in [0.2, 0.25) is 5.02 Å². The molecule has 0 aliphatic heterocycles. The Hall–Kier alpha value is -1.17. The molecule has 1 aromatic rings. The molecule has 2 nitrogen and oxygen atoms in total. The zero-order valence-corrected chi connectivity index (χ0v) is 10.2. The van der Waals surface area contributed by atoms with Gasteiger partial charge >= 0.3 is 0 Å². The van der Waals surface area contributed by atoms with Crippen LogP contribution in [0.5, 0.6) is 5.75 Å². The van der Waals surface area contributed by atoms with E-state index in [2.05, 4.69) is 11.8 Å². The van der Waals surface area contributed by atoms with Gasteiger partial charge in [-0.25, -0.2) is 0 Å². The molecule has 0 radical (unpaired) electrons. The van der Waals surface area contributed by atoms with Crippen molar-refractivity contribution < 1.29 is 9.84 Å². The summed E-state index contributed by atoms with van der Waals surface area (Å²) in [6.07, 6.45) is 0.0872. The van der Waals surface area contributed by atoms with Crippen molar-refractivity contribution in [2.24, 2.45) is 0 Å². The van der Waals surface area contributed by atoms with Gasteiger partial charge in [-0.1, -0.05) is 11.6 Å². The van der Waals surface area contributed by atoms with Gasteiger partial charge in [-0.05, 0) is 32.0 Å². The van der Waals surface area contributed by atoms with Gasteiger partial charge in [-0.3, -0.25) is 0 Å². The topological polar surface area (TPSA) is 29.5 Å². The molecule has 0 saturated heterocycles. The Bertz CT molecular complexity index is 402. The van der Waals surface area contributed by atoms with E-state index in [9.17, 15) is 5.11 Å². The molecule has 1 atom stereocenters. The van der Waals surface area contributed by atoms with Gasteiger partial charge in [-0.2, -0.15) is 0 Å². The maximum absolute atomic E-state index is 9.57. The smallest absolute Gasteiger partial charge is 0.125 e. The SMILES string of the molecule is CC#CCCOc1ccc(Cl)cc1[C@H](C)O. The number of benzene rings is 1. The highest BCUT2D eigenvalue weighted by Gasteiger charge is 2.09. The molecule has 0 amide bonds. The van der Waals surface area contributed by atoms with Crippen LogP contribution < -0.4 is 4.74 Å². The second kappa shape index (κ2) is 6.42. The van der Waals surface area contributed by atoms with Crippen molar-refractivity contribution in [1.29, 1.82) is 0 Å². The molecule has 0 saturated carbocycles. The van der Waals surface area contributed by atoms with E-state index in [1.165, 1.54) is 0 Å². The highest BCUT2D eigenvalue weighted by molar-refractivity contribution is 6.30. The van der Waals surface area contributed by atoms with E-state index in [0.717, 1.165) is 0 Å². The second-order valence-electron chi connectivity index (χ2n) is 3.38. The number of ether oxygens (including phenoxy) is 1. The molecule has 0 heterocycles. The van der Waals surface area contributed by atoms with Gasteiger partial charge in [-0.15, -0.1) is 11.8 Å². The molecule has 0 unspecified atom stereocenters. The number of aliphatic hydroxyl groups is 1. The Morgan fingerprint density at radius 3 is 2.88 bits per heavy atom. The van der Waals surface area contributed by atoms with Gasteiger partial charge in [0.1, 0.15) is 5.75 Å². The normalized spacial score (nSPS) is 11.5. The lowest BCUT2D eigenvalue weighted by Gasteiger charge is -2.12. The van der Waals surface area contributed by atoms with E-state index >= 15 is 0 Å². The first-order valence-electron chi connectivity index (χ1n) is 5.15. The Kier molecular flexibility index (Phi) is 5.18. The third-order valence-corrected chi connectivity index (χ3v) is 2.32. The van der Waals surface area contributed by atoms with E-state index in [4.69, 9.17) is 16.3 Å². The van der Waals surface area contributed by atoms with Crippen molar-refractivity contribution in [3.05, 3.63) is 28.8 Å². The Balaban J connectivity index is 2.73. The quantitative estimate of drug-likeness (QED) is 0.645. The summed E-state index contributed by atoms with van der Waals surface area (Å²) in [6.45, 7) is 4.00. The van der Waals surface area contributed by atoms with Gasteiger partial charge in [0, 0.05) is 17.0 Å². The number of rotatable bonds is 4. The minimum Gasteiger partial charge on any atom is -0.492 e. The molecular weight excluding hydrogens is 224 g/mol. The van der Waals surface area contributed by atoms with Crippen molar-refractivity contribution >= 4 is 11.6 Å². The molecule has 1 aromatic carbocycles. The summed E-state index contributed by atoms with van der Waals surface area (Å²) in [5, 5.41) is 10.2. The maximum Gasteiger partial charge on any atom is 0.125 e. The fraction of sp³-hybridized carbons (Fsp3) is 0.385. The van der Waals surface area contributed by atoms with Gasteiger partial charge in [0.2, 0.25) is 0 Å². The van der Waals surface area contributed by atoms with Crippen LogP contribution in [0, 0.1) is 11.8 Å². The minimum atomic E-state index is -0.592. The van der Waals surface area contributed by atoms with E-state index in [1.807, 2.05) is 0 Å². The Morgan fingerprint density at radius 2 is 2.25 bits per heavy atom. The van der Waals surface area contributed by atoms with Crippen LogP contribution in [-0.4, -0.2) is 11.7 Å². The zero-order valence-electron chi connectivity index (χ0n) is 9.46. The first kappa shape index (κ1) is 12.9. The predicted octanol–water partition coefficient (Wildman–Crippen LogP) is 3.19. The average Bonchev–Trinajstić information content (AvgIpc) is 2.26. The Morgan fingerprint density at radius 1 is 1.50 bits per heavy atom. The number of hydrogen-bond donors (Lipinski definition) is 1. The molecule has 1 N–H and O–H groups in total. The lowest BCUT2D eigenvalue weighted by atomic mass is 10.1. The third kappa shape index (κ3) is 3.77. The summed E-state index contributed by atoms with van der Waals surface area (Å²) < 4.78 is 5.53. The van der Waals surface area contributed by atoms with E-state index in [1.54, 1.807) is 32.0 Å². The summed E-state index contributed by atoms with van der Waals surface area (Å²) >= 11 is 5.86. The van der Waals surface area contributed by atoms with Crippen LogP contribution in [0.1, 0.15) is 31.9 Å². The average molecular weight is 239 g/mol. The first-order valence-corrected chi connectivity index (χ1v) is 5.53. The second-order valence-corrected chi connectivity index (χ2v) is 3.82. The van der Waals surface area contributed by atoms with Crippen LogP contribution in [0.25, 0.3) is 0 Å². The molecule has 86 valence electrons. The van der Waals surface area contributed by atoms with Crippen LogP contribution in [0.4, 0.5) is 0 Å². The molecule has 1 rings (SSSR count). The molecule has 0 spiro atoms. The molecule has 0 aromatic heterocycles. The molecular formula is C13H15ClO2. The molecule has 0 bridgehead atoms. The van der Waals surface area contributed by atoms with E-state index in [0.29, 0.717) is 29.4 Å². The van der Waals surface area contributed by atoms with Crippen molar-refractivity contribution in [1.82, 2.24) is 0 Å². The largest absolute Gasteiger partial charge is 0.492 e. The summed E-state index contributed by atoms with van der Waals surface area (Å²) in [5.41, 5.74) is 0.706. The van der Waals surface area contributed by atoms with Crippen LogP contribution in [0.15, 0.2) is 18.2 Å². The summed E-state index contributed by atoms with van der Waals surface area (Å²) in [4.78, 5) is 0. The van der Waals surface area contributed by atoms with E-state index < -0.39 is 6.10 Å². The predicted molar refractivity (Wildman–Crippen MR) is 65.6 cm³/mol. The zero-order chi connectivity index (χ0) is 12.0. The van der Waals surface area contributed by atoms with Crippen molar-refractivity contribution in [2.45, 2.75) is 26.4 Å². The maximum atomic E-state index is 9.57. The number of aliphatic hydroxyl groups excluding tert-OH is 1. The van der Waals surface area contributed by atoms with Crippen molar-refractivity contribution in [2.75, 3.05) is 6.61 Å². The monoisotopic (exact) mass is 238 g/mol. The third-order valence-electron chi connectivity index (χ3n) is 2.08. The van der Waals surface area contributed by atoms with Gasteiger partial charge in [0.15, 0.2) is 0 Å². The summed E-state index contributed by atoms with van der Waals surface area (Å²) in [5.74, 6) is 6.38. The highest BCUT2D eigenvalue weighted by Crippen LogP contribution is 2.28. The molecule has 3 heteroatoms.